The minimum atomic E-state index is -0.835. The molecule has 1 fully saturated rings. The van der Waals surface area contributed by atoms with Gasteiger partial charge in [-0.05, 0) is 36.6 Å². The van der Waals surface area contributed by atoms with Gasteiger partial charge in [-0.1, -0.05) is 6.07 Å². The number of hydrogen-bond acceptors (Lipinski definition) is 4. The van der Waals surface area contributed by atoms with Gasteiger partial charge in [-0.2, -0.15) is 0 Å². The van der Waals surface area contributed by atoms with Crippen LogP contribution in [-0.4, -0.2) is 48.2 Å². The number of carbonyl (C=O) groups is 2. The van der Waals surface area contributed by atoms with Crippen molar-refractivity contribution in [3.05, 3.63) is 29.8 Å². The smallest absolute Gasteiger partial charge is 0.308 e. The fraction of sp³-hybridized carbons (Fsp3) is 0.412. The van der Waals surface area contributed by atoms with Crippen molar-refractivity contribution in [1.29, 1.82) is 0 Å². The van der Waals surface area contributed by atoms with Gasteiger partial charge in [0.25, 0.3) is 0 Å². The molecule has 0 radical (unpaired) electrons. The van der Waals surface area contributed by atoms with E-state index in [-0.39, 0.29) is 12.5 Å². The largest absolute Gasteiger partial charge is 0.486 e. The van der Waals surface area contributed by atoms with Crippen molar-refractivity contribution < 1.29 is 24.2 Å². The Hall–Kier alpha value is -2.50. The lowest BCUT2D eigenvalue weighted by Crippen LogP contribution is -2.41. The van der Waals surface area contributed by atoms with E-state index in [0.717, 1.165) is 12.0 Å². The lowest BCUT2D eigenvalue weighted by molar-refractivity contribution is -0.144. The highest BCUT2D eigenvalue weighted by Gasteiger charge is 2.27. The number of rotatable bonds is 3. The van der Waals surface area contributed by atoms with Crippen LogP contribution in [0, 0.1) is 5.92 Å². The Kier molecular flexibility index (Phi) is 4.50. The quantitative estimate of drug-likeness (QED) is 0.860. The van der Waals surface area contributed by atoms with Crippen LogP contribution in [-0.2, 0) is 9.59 Å². The van der Waals surface area contributed by atoms with Crippen molar-refractivity contribution in [3.8, 4) is 11.5 Å². The molecule has 2 aliphatic rings. The molecule has 0 saturated carbocycles. The highest BCUT2D eigenvalue weighted by molar-refractivity contribution is 5.92. The third kappa shape index (κ3) is 3.64. The molecule has 1 aromatic rings. The SMILES string of the molecule is O=C(O)C1CCCN(C(=O)C=Cc2ccc3c(c2)OCCO3)C1. The van der Waals surface area contributed by atoms with Gasteiger partial charge in [-0.25, -0.2) is 0 Å². The second-order valence-corrected chi connectivity index (χ2v) is 5.70. The van der Waals surface area contributed by atoms with Crippen LogP contribution in [0.25, 0.3) is 6.08 Å². The summed E-state index contributed by atoms with van der Waals surface area (Å²) in [6.45, 7) is 1.94. The summed E-state index contributed by atoms with van der Waals surface area (Å²) in [7, 11) is 0. The lowest BCUT2D eigenvalue weighted by Gasteiger charge is -2.29. The molecule has 3 rings (SSSR count). The average molecular weight is 317 g/mol. The minimum Gasteiger partial charge on any atom is -0.486 e. The molecule has 0 aliphatic carbocycles. The van der Waals surface area contributed by atoms with Crippen LogP contribution in [0.3, 0.4) is 0 Å². The summed E-state index contributed by atoms with van der Waals surface area (Å²) < 4.78 is 11.0. The number of likely N-dealkylation sites (tertiary alicyclic amines) is 1. The number of nitrogens with zero attached hydrogens (tertiary/aromatic N) is 1. The highest BCUT2D eigenvalue weighted by atomic mass is 16.6. The van der Waals surface area contributed by atoms with Gasteiger partial charge in [0, 0.05) is 19.2 Å². The Morgan fingerprint density at radius 2 is 2.00 bits per heavy atom. The first kappa shape index (κ1) is 15.4. The molecule has 1 aromatic carbocycles. The summed E-state index contributed by atoms with van der Waals surface area (Å²) in [5.74, 6) is -0.0747. The molecular formula is C17H19NO5. The maximum atomic E-state index is 12.2. The van der Waals surface area contributed by atoms with Gasteiger partial charge in [0.1, 0.15) is 13.2 Å². The predicted octanol–water partition coefficient (Wildman–Crippen LogP) is 1.79. The first-order valence-electron chi connectivity index (χ1n) is 7.73. The third-order valence-corrected chi connectivity index (χ3v) is 4.07. The van der Waals surface area contributed by atoms with E-state index in [9.17, 15) is 9.59 Å². The maximum Gasteiger partial charge on any atom is 0.308 e. The minimum absolute atomic E-state index is 0.161. The van der Waals surface area contributed by atoms with Gasteiger partial charge in [-0.3, -0.25) is 9.59 Å². The van der Waals surface area contributed by atoms with Gasteiger partial charge in [0.15, 0.2) is 11.5 Å². The third-order valence-electron chi connectivity index (χ3n) is 4.07. The fourth-order valence-electron chi connectivity index (χ4n) is 2.82. The summed E-state index contributed by atoms with van der Waals surface area (Å²) in [4.78, 5) is 24.9. The molecule has 2 aliphatic heterocycles. The van der Waals surface area contributed by atoms with Crippen LogP contribution < -0.4 is 9.47 Å². The zero-order chi connectivity index (χ0) is 16.2. The Bertz CT molecular complexity index is 640. The van der Waals surface area contributed by atoms with E-state index < -0.39 is 11.9 Å². The van der Waals surface area contributed by atoms with Crippen molar-refractivity contribution in [2.75, 3.05) is 26.3 Å². The topological polar surface area (TPSA) is 76.1 Å². The maximum absolute atomic E-state index is 12.2. The monoisotopic (exact) mass is 317 g/mol. The normalized spacial score (nSPS) is 20.5. The van der Waals surface area contributed by atoms with Crippen LogP contribution in [0.15, 0.2) is 24.3 Å². The van der Waals surface area contributed by atoms with E-state index in [1.54, 1.807) is 11.0 Å². The number of carbonyl (C=O) groups excluding carboxylic acids is 1. The van der Waals surface area contributed by atoms with Gasteiger partial charge < -0.3 is 19.5 Å². The van der Waals surface area contributed by atoms with Gasteiger partial charge in [0.2, 0.25) is 5.91 Å². The number of carboxylic acids is 1. The number of amides is 1. The van der Waals surface area contributed by atoms with Crippen molar-refractivity contribution in [1.82, 2.24) is 4.90 Å². The molecule has 0 spiro atoms. The number of aliphatic carboxylic acids is 1. The van der Waals surface area contributed by atoms with Gasteiger partial charge in [-0.15, -0.1) is 0 Å². The molecule has 1 unspecified atom stereocenters. The van der Waals surface area contributed by atoms with Crippen LogP contribution >= 0.6 is 0 Å². The second kappa shape index (κ2) is 6.73. The molecule has 122 valence electrons. The number of piperidine rings is 1. The van der Waals surface area contributed by atoms with Crippen molar-refractivity contribution in [2.45, 2.75) is 12.8 Å². The zero-order valence-corrected chi connectivity index (χ0v) is 12.7. The molecule has 1 saturated heterocycles. The zero-order valence-electron chi connectivity index (χ0n) is 12.7. The molecule has 0 bridgehead atoms. The summed E-state index contributed by atoms with van der Waals surface area (Å²) in [5.41, 5.74) is 0.842. The van der Waals surface area contributed by atoms with Gasteiger partial charge >= 0.3 is 5.97 Å². The standard InChI is InChI=1S/C17H19NO5/c19-16(18-7-1-2-13(11-18)17(20)21)6-4-12-3-5-14-15(10-12)23-9-8-22-14/h3-6,10,13H,1-2,7-9,11H2,(H,20,21). The molecule has 1 atom stereocenters. The van der Waals surface area contributed by atoms with Crippen LogP contribution in [0.2, 0.25) is 0 Å². The highest BCUT2D eigenvalue weighted by Crippen LogP contribution is 2.31. The van der Waals surface area contributed by atoms with Crippen LogP contribution in [0.5, 0.6) is 11.5 Å². The van der Waals surface area contributed by atoms with E-state index in [1.165, 1.54) is 6.08 Å². The number of ether oxygens (including phenoxy) is 2. The van der Waals surface area contributed by atoms with Crippen molar-refractivity contribution in [3.63, 3.8) is 0 Å². The van der Waals surface area contributed by atoms with E-state index >= 15 is 0 Å². The first-order chi connectivity index (χ1) is 11.1. The summed E-state index contributed by atoms with van der Waals surface area (Å²) in [5, 5.41) is 9.08. The van der Waals surface area contributed by atoms with Gasteiger partial charge in [0.05, 0.1) is 5.92 Å². The number of hydrogen-bond donors (Lipinski definition) is 1. The molecule has 6 heteroatoms. The molecular weight excluding hydrogens is 298 g/mol. The molecule has 6 nitrogen and oxygen atoms in total. The first-order valence-corrected chi connectivity index (χ1v) is 7.73. The molecule has 0 aromatic heterocycles. The molecule has 23 heavy (non-hydrogen) atoms. The predicted molar refractivity (Wildman–Crippen MR) is 83.4 cm³/mol. The Morgan fingerprint density at radius 1 is 1.22 bits per heavy atom. The number of fused-ring (bicyclic) bond motifs is 1. The van der Waals surface area contributed by atoms with Crippen molar-refractivity contribution in [2.24, 2.45) is 5.92 Å². The van der Waals surface area contributed by atoms with E-state index in [0.29, 0.717) is 37.7 Å². The number of carboxylic acid groups (broad SMARTS) is 1. The van der Waals surface area contributed by atoms with Crippen molar-refractivity contribution >= 4 is 18.0 Å². The molecule has 1 amide bonds. The summed E-state index contributed by atoms with van der Waals surface area (Å²) in [6, 6.07) is 5.50. The Morgan fingerprint density at radius 3 is 2.78 bits per heavy atom. The Balaban J connectivity index is 1.65. The lowest BCUT2D eigenvalue weighted by atomic mass is 9.98. The van der Waals surface area contributed by atoms with E-state index in [2.05, 4.69) is 0 Å². The fourth-order valence-corrected chi connectivity index (χ4v) is 2.82. The average Bonchev–Trinajstić information content (AvgIpc) is 2.59. The molecule has 2 heterocycles. The van der Waals surface area contributed by atoms with Crippen LogP contribution in [0.4, 0.5) is 0 Å². The molecule has 1 N–H and O–H groups in total. The van der Waals surface area contributed by atoms with Crippen LogP contribution in [0.1, 0.15) is 18.4 Å². The summed E-state index contributed by atoms with van der Waals surface area (Å²) >= 11 is 0. The second-order valence-electron chi connectivity index (χ2n) is 5.70. The summed E-state index contributed by atoms with van der Waals surface area (Å²) in [6.07, 6.45) is 4.55. The number of benzene rings is 1. The van der Waals surface area contributed by atoms with E-state index in [1.807, 2.05) is 18.2 Å². The Labute approximate surface area is 134 Å². The van der Waals surface area contributed by atoms with E-state index in [4.69, 9.17) is 14.6 Å².